The molecule has 0 radical (unpaired) electrons. The Balaban J connectivity index is 1.42. The van der Waals surface area contributed by atoms with E-state index in [0.29, 0.717) is 21.7 Å². The molecule has 1 N–H and O–H groups in total. The molecule has 0 bridgehead atoms. The Morgan fingerprint density at radius 2 is 1.56 bits per heavy atom. The van der Waals surface area contributed by atoms with Crippen LogP contribution in [0.15, 0.2) is 23.8 Å². The third-order valence-corrected chi connectivity index (χ3v) is 12.9. The molecule has 0 aliphatic heterocycles. The van der Waals surface area contributed by atoms with Crippen LogP contribution in [-0.2, 0) is 0 Å². The van der Waals surface area contributed by atoms with Crippen LogP contribution >= 0.6 is 0 Å². The first-order valence-corrected chi connectivity index (χ1v) is 13.8. The predicted molar refractivity (Wildman–Crippen MR) is 135 cm³/mol. The largest absolute Gasteiger partial charge is 0.393 e. The zero-order chi connectivity index (χ0) is 23.3. The SMILES string of the molecule is C=C(C=C(C)C)CC(C)C1CCC2(C)C3CCC4C(C)(C)C(O)CCC45CC35CCC12C. The van der Waals surface area contributed by atoms with E-state index in [0.717, 1.165) is 36.5 Å². The maximum atomic E-state index is 10.9. The fourth-order valence-electron chi connectivity index (χ4n) is 11.3. The normalized spacial score (nSPS) is 51.5. The maximum Gasteiger partial charge on any atom is 0.0594 e. The van der Waals surface area contributed by atoms with Gasteiger partial charge in [-0.15, -0.1) is 0 Å². The Labute approximate surface area is 198 Å². The van der Waals surface area contributed by atoms with Crippen molar-refractivity contribution >= 4 is 0 Å². The van der Waals surface area contributed by atoms with Gasteiger partial charge in [-0.1, -0.05) is 58.4 Å². The first-order chi connectivity index (χ1) is 14.8. The van der Waals surface area contributed by atoms with E-state index in [4.69, 9.17) is 0 Å². The molecular formula is C31H50O. The zero-order valence-electron chi connectivity index (χ0n) is 22.2. The zero-order valence-corrected chi connectivity index (χ0v) is 22.2. The Kier molecular flexibility index (Phi) is 5.07. The fraction of sp³-hybridized carbons (Fsp3) is 0.871. The molecule has 5 saturated carbocycles. The van der Waals surface area contributed by atoms with Gasteiger partial charge in [-0.25, -0.2) is 0 Å². The van der Waals surface area contributed by atoms with Crippen LogP contribution in [0.3, 0.4) is 0 Å². The summed E-state index contributed by atoms with van der Waals surface area (Å²) in [6.45, 7) is 21.5. The Morgan fingerprint density at radius 3 is 2.25 bits per heavy atom. The van der Waals surface area contributed by atoms with E-state index in [9.17, 15) is 5.11 Å². The molecule has 5 aliphatic carbocycles. The van der Waals surface area contributed by atoms with E-state index in [-0.39, 0.29) is 11.5 Å². The van der Waals surface area contributed by atoms with Gasteiger partial charge in [-0.3, -0.25) is 0 Å². The second kappa shape index (κ2) is 6.99. The van der Waals surface area contributed by atoms with Crippen LogP contribution in [0.4, 0.5) is 0 Å². The van der Waals surface area contributed by atoms with Crippen molar-refractivity contribution in [1.29, 1.82) is 0 Å². The predicted octanol–water partition coefficient (Wildman–Crippen LogP) is 8.34. The maximum absolute atomic E-state index is 10.9. The second-order valence-electron chi connectivity index (χ2n) is 14.6. The van der Waals surface area contributed by atoms with Crippen LogP contribution < -0.4 is 0 Å². The van der Waals surface area contributed by atoms with Crippen molar-refractivity contribution in [3.05, 3.63) is 23.8 Å². The number of aliphatic hydroxyl groups excluding tert-OH is 1. The van der Waals surface area contributed by atoms with E-state index >= 15 is 0 Å². The van der Waals surface area contributed by atoms with Crippen molar-refractivity contribution in [3.63, 3.8) is 0 Å². The molecule has 180 valence electrons. The second-order valence-corrected chi connectivity index (χ2v) is 14.6. The highest BCUT2D eigenvalue weighted by atomic mass is 16.3. The van der Waals surface area contributed by atoms with Gasteiger partial charge in [0, 0.05) is 0 Å². The van der Waals surface area contributed by atoms with E-state index in [1.807, 2.05) is 0 Å². The lowest BCUT2D eigenvalue weighted by Gasteiger charge is -2.63. The lowest BCUT2D eigenvalue weighted by atomic mass is 9.41. The Morgan fingerprint density at radius 1 is 0.906 bits per heavy atom. The van der Waals surface area contributed by atoms with Crippen LogP contribution in [0.1, 0.15) is 113 Å². The number of allylic oxidation sites excluding steroid dienone is 3. The quantitative estimate of drug-likeness (QED) is 0.437. The van der Waals surface area contributed by atoms with Gasteiger partial charge in [0.25, 0.3) is 0 Å². The average molecular weight is 439 g/mol. The van der Waals surface area contributed by atoms with Gasteiger partial charge in [0.15, 0.2) is 0 Å². The first kappa shape index (κ1) is 23.2. The van der Waals surface area contributed by atoms with Crippen molar-refractivity contribution in [2.24, 2.45) is 50.7 Å². The summed E-state index contributed by atoms with van der Waals surface area (Å²) in [5.41, 5.74) is 4.94. The molecule has 1 nitrogen and oxygen atoms in total. The molecule has 2 spiro atoms. The molecule has 0 amide bonds. The summed E-state index contributed by atoms with van der Waals surface area (Å²) in [5.74, 6) is 3.22. The minimum Gasteiger partial charge on any atom is -0.393 e. The number of rotatable bonds is 4. The fourth-order valence-corrected chi connectivity index (χ4v) is 11.3. The summed E-state index contributed by atoms with van der Waals surface area (Å²) in [6, 6.07) is 0. The van der Waals surface area contributed by atoms with Crippen LogP contribution in [0, 0.1) is 50.7 Å². The van der Waals surface area contributed by atoms with Crippen molar-refractivity contribution in [3.8, 4) is 0 Å². The molecule has 1 heteroatoms. The Bertz CT molecular complexity index is 831. The van der Waals surface area contributed by atoms with E-state index < -0.39 is 0 Å². The summed E-state index contributed by atoms with van der Waals surface area (Å²) in [7, 11) is 0. The molecule has 0 aromatic carbocycles. The van der Waals surface area contributed by atoms with Gasteiger partial charge in [-0.05, 0) is 129 Å². The number of hydrogen-bond donors (Lipinski definition) is 1. The number of fused-ring (bicyclic) bond motifs is 2. The molecule has 9 unspecified atom stereocenters. The molecular weight excluding hydrogens is 388 g/mol. The monoisotopic (exact) mass is 438 g/mol. The standard InChI is InChI=1S/C31H50O/c1-20(2)17-21(3)18-22(4)23-11-13-29(8)25-10-9-24-27(5,6)26(32)12-14-30(24)19-31(25,30)16-15-28(23,29)7/h17,22-26,32H,3,9-16,18-19H2,1-2,4-8H3. The smallest absolute Gasteiger partial charge is 0.0594 e. The van der Waals surface area contributed by atoms with E-state index in [1.54, 1.807) is 0 Å². The van der Waals surface area contributed by atoms with Gasteiger partial charge in [0.05, 0.1) is 6.10 Å². The summed E-state index contributed by atoms with van der Waals surface area (Å²) < 4.78 is 0. The third kappa shape index (κ3) is 2.73. The minimum atomic E-state index is -0.0950. The molecule has 5 aliphatic rings. The molecule has 5 rings (SSSR count). The molecule has 0 aromatic rings. The average Bonchev–Trinajstić information content (AvgIpc) is 3.27. The number of hydrogen-bond acceptors (Lipinski definition) is 1. The highest BCUT2D eigenvalue weighted by Crippen LogP contribution is 2.89. The molecule has 0 heterocycles. The summed E-state index contributed by atoms with van der Waals surface area (Å²) >= 11 is 0. The van der Waals surface area contributed by atoms with Gasteiger partial charge in [0.1, 0.15) is 0 Å². The molecule has 0 aromatic heterocycles. The van der Waals surface area contributed by atoms with Crippen LogP contribution in [0.5, 0.6) is 0 Å². The topological polar surface area (TPSA) is 20.2 Å². The molecule has 32 heavy (non-hydrogen) atoms. The van der Waals surface area contributed by atoms with Gasteiger partial charge < -0.3 is 5.11 Å². The highest BCUT2D eigenvalue weighted by Gasteiger charge is 2.82. The van der Waals surface area contributed by atoms with Crippen molar-refractivity contribution in [2.75, 3.05) is 0 Å². The first-order valence-electron chi connectivity index (χ1n) is 13.8. The lowest BCUT2D eigenvalue weighted by molar-refractivity contribution is -0.161. The summed E-state index contributed by atoms with van der Waals surface area (Å²) in [4.78, 5) is 0. The molecule has 0 saturated heterocycles. The van der Waals surface area contributed by atoms with Crippen LogP contribution in [-0.4, -0.2) is 11.2 Å². The summed E-state index contributed by atoms with van der Waals surface area (Å²) in [6.07, 6.45) is 15.7. The van der Waals surface area contributed by atoms with Crippen molar-refractivity contribution in [2.45, 2.75) is 119 Å². The van der Waals surface area contributed by atoms with E-state index in [1.165, 1.54) is 62.5 Å². The number of aliphatic hydroxyl groups is 1. The van der Waals surface area contributed by atoms with Gasteiger partial charge in [-0.2, -0.15) is 0 Å². The van der Waals surface area contributed by atoms with Crippen molar-refractivity contribution < 1.29 is 5.11 Å². The van der Waals surface area contributed by atoms with E-state index in [2.05, 4.69) is 61.1 Å². The molecule has 9 atom stereocenters. The third-order valence-electron chi connectivity index (χ3n) is 12.9. The minimum absolute atomic E-state index is 0.0950. The van der Waals surface area contributed by atoms with Gasteiger partial charge >= 0.3 is 0 Å². The summed E-state index contributed by atoms with van der Waals surface area (Å²) in [5, 5.41) is 10.9. The Hall–Kier alpha value is -0.560. The van der Waals surface area contributed by atoms with Crippen molar-refractivity contribution in [1.82, 2.24) is 0 Å². The lowest BCUT2D eigenvalue weighted by Crippen LogP contribution is -2.57. The van der Waals surface area contributed by atoms with Crippen LogP contribution in [0.2, 0.25) is 0 Å². The highest BCUT2D eigenvalue weighted by molar-refractivity contribution is 5.31. The molecule has 5 fully saturated rings. The van der Waals surface area contributed by atoms with Gasteiger partial charge in [0.2, 0.25) is 0 Å². The van der Waals surface area contributed by atoms with Crippen LogP contribution in [0.25, 0.3) is 0 Å².